The smallest absolute Gasteiger partial charge is 0.419 e. The van der Waals surface area contributed by atoms with E-state index < -0.39 is 0 Å². The van der Waals surface area contributed by atoms with Gasteiger partial charge < -0.3 is 4.74 Å². The standard InChI is InChI=1S/C22H22N2O2/c1-3-26-22(25)24-15(2)23-20(17-10-5-4-6-11-17)19-14-13-16-9-7-8-12-18(16)21(19)24/h4-12,20H,3,13-14H2,1-2H3. The Bertz CT molecular complexity index is 899. The van der Waals surface area contributed by atoms with Crippen molar-refractivity contribution in [3.63, 3.8) is 0 Å². The molecular formula is C22H22N2O2. The van der Waals surface area contributed by atoms with E-state index in [1.165, 1.54) is 11.1 Å². The van der Waals surface area contributed by atoms with Gasteiger partial charge in [0.25, 0.3) is 0 Å². The molecule has 1 unspecified atom stereocenters. The molecule has 1 aliphatic heterocycles. The van der Waals surface area contributed by atoms with Crippen molar-refractivity contribution in [3.05, 3.63) is 76.9 Å². The van der Waals surface area contributed by atoms with E-state index in [1.807, 2.05) is 38.1 Å². The topological polar surface area (TPSA) is 41.9 Å². The molecule has 2 aromatic rings. The fourth-order valence-corrected chi connectivity index (χ4v) is 3.87. The summed E-state index contributed by atoms with van der Waals surface area (Å²) in [7, 11) is 0. The molecule has 1 heterocycles. The van der Waals surface area contributed by atoms with Crippen molar-refractivity contribution in [2.24, 2.45) is 4.99 Å². The van der Waals surface area contributed by atoms with Crippen LogP contribution in [0, 0.1) is 0 Å². The lowest BCUT2D eigenvalue weighted by Gasteiger charge is -2.37. The van der Waals surface area contributed by atoms with E-state index >= 15 is 0 Å². The summed E-state index contributed by atoms with van der Waals surface area (Å²) >= 11 is 0. The van der Waals surface area contributed by atoms with E-state index in [1.54, 1.807) is 4.90 Å². The summed E-state index contributed by atoms with van der Waals surface area (Å²) in [5, 5.41) is 0. The number of fused-ring (bicyclic) bond motifs is 2. The summed E-state index contributed by atoms with van der Waals surface area (Å²) < 4.78 is 5.33. The maximum Gasteiger partial charge on any atom is 0.419 e. The molecular weight excluding hydrogens is 324 g/mol. The molecule has 4 heteroatoms. The Morgan fingerprint density at radius 3 is 2.62 bits per heavy atom. The van der Waals surface area contributed by atoms with Crippen molar-refractivity contribution in [2.75, 3.05) is 6.61 Å². The molecule has 2 aromatic carbocycles. The largest absolute Gasteiger partial charge is 0.449 e. The fraction of sp³-hybridized carbons (Fsp3) is 0.273. The minimum absolute atomic E-state index is 0.0507. The molecule has 0 spiro atoms. The highest BCUT2D eigenvalue weighted by atomic mass is 16.6. The van der Waals surface area contributed by atoms with Gasteiger partial charge in [-0.1, -0.05) is 54.6 Å². The average molecular weight is 346 g/mol. The molecule has 0 radical (unpaired) electrons. The Morgan fingerprint density at radius 2 is 1.85 bits per heavy atom. The van der Waals surface area contributed by atoms with E-state index in [-0.39, 0.29) is 12.1 Å². The number of rotatable bonds is 2. The summed E-state index contributed by atoms with van der Waals surface area (Å²) in [5.41, 5.74) is 5.67. The van der Waals surface area contributed by atoms with Crippen molar-refractivity contribution < 1.29 is 9.53 Å². The Kier molecular flexibility index (Phi) is 4.33. The van der Waals surface area contributed by atoms with Crippen LogP contribution >= 0.6 is 0 Å². The number of aryl methyl sites for hydroxylation is 1. The van der Waals surface area contributed by atoms with Gasteiger partial charge in [-0.05, 0) is 43.4 Å². The average Bonchev–Trinajstić information content (AvgIpc) is 2.68. The number of carbonyl (C=O) groups is 1. The number of hydrogen-bond acceptors (Lipinski definition) is 3. The number of nitrogens with zero attached hydrogens (tertiary/aromatic N) is 2. The number of amidine groups is 1. The van der Waals surface area contributed by atoms with Crippen LogP contribution in [0.1, 0.15) is 43.0 Å². The van der Waals surface area contributed by atoms with E-state index in [9.17, 15) is 4.79 Å². The van der Waals surface area contributed by atoms with Crippen LogP contribution in [0.15, 0.2) is 65.2 Å². The van der Waals surface area contributed by atoms with Crippen LogP contribution in [0.3, 0.4) is 0 Å². The zero-order valence-corrected chi connectivity index (χ0v) is 15.1. The number of carbonyl (C=O) groups excluding carboxylic acids is 1. The van der Waals surface area contributed by atoms with E-state index in [0.717, 1.165) is 29.7 Å². The van der Waals surface area contributed by atoms with Crippen molar-refractivity contribution in [1.82, 2.24) is 4.90 Å². The number of benzene rings is 2. The van der Waals surface area contributed by atoms with Crippen molar-refractivity contribution in [2.45, 2.75) is 32.7 Å². The molecule has 1 atom stereocenters. The summed E-state index contributed by atoms with van der Waals surface area (Å²) in [6.07, 6.45) is 1.49. The highest BCUT2D eigenvalue weighted by molar-refractivity contribution is 6.05. The lowest BCUT2D eigenvalue weighted by molar-refractivity contribution is 0.138. The molecule has 26 heavy (non-hydrogen) atoms. The molecule has 0 bridgehead atoms. The van der Waals surface area contributed by atoms with E-state index in [4.69, 9.17) is 9.73 Å². The Hall–Kier alpha value is -2.88. The number of ether oxygens (including phenoxy) is 1. The minimum atomic E-state index is -0.357. The van der Waals surface area contributed by atoms with Gasteiger partial charge in [0.1, 0.15) is 11.9 Å². The Morgan fingerprint density at radius 1 is 1.12 bits per heavy atom. The maximum atomic E-state index is 12.7. The molecule has 0 saturated carbocycles. The van der Waals surface area contributed by atoms with Crippen LogP contribution in [0.25, 0.3) is 5.70 Å². The third-order valence-electron chi connectivity index (χ3n) is 5.00. The van der Waals surface area contributed by atoms with Gasteiger partial charge in [-0.25, -0.2) is 9.69 Å². The van der Waals surface area contributed by atoms with Crippen molar-refractivity contribution >= 4 is 17.6 Å². The van der Waals surface area contributed by atoms with Gasteiger partial charge in [-0.2, -0.15) is 0 Å². The SMILES string of the molecule is CCOC(=O)N1C(C)=NC(c2ccccc2)C2=C1c1ccccc1CC2. The van der Waals surface area contributed by atoms with E-state index in [0.29, 0.717) is 12.4 Å². The summed E-state index contributed by atoms with van der Waals surface area (Å²) in [4.78, 5) is 19.2. The van der Waals surface area contributed by atoms with Crippen LogP contribution in [0.2, 0.25) is 0 Å². The van der Waals surface area contributed by atoms with Crippen LogP contribution < -0.4 is 0 Å². The van der Waals surface area contributed by atoms with Crippen molar-refractivity contribution in [3.8, 4) is 0 Å². The monoisotopic (exact) mass is 346 g/mol. The summed E-state index contributed by atoms with van der Waals surface area (Å²) in [5.74, 6) is 0.674. The molecule has 1 amide bonds. The third kappa shape index (κ3) is 2.71. The quantitative estimate of drug-likeness (QED) is 0.770. The first-order chi connectivity index (χ1) is 12.7. The maximum absolute atomic E-state index is 12.7. The van der Waals surface area contributed by atoms with E-state index in [2.05, 4.69) is 30.3 Å². The molecule has 0 fully saturated rings. The molecule has 1 aliphatic carbocycles. The Labute approximate surface area is 153 Å². The predicted octanol–water partition coefficient (Wildman–Crippen LogP) is 4.98. The van der Waals surface area contributed by atoms with Crippen LogP contribution in [-0.2, 0) is 11.2 Å². The first-order valence-electron chi connectivity index (χ1n) is 9.08. The third-order valence-corrected chi connectivity index (χ3v) is 5.00. The molecule has 0 aromatic heterocycles. The second-order valence-corrected chi connectivity index (χ2v) is 6.55. The zero-order chi connectivity index (χ0) is 18.1. The molecule has 4 nitrogen and oxygen atoms in total. The van der Waals surface area contributed by atoms with Gasteiger partial charge in [0.2, 0.25) is 0 Å². The molecule has 0 saturated heterocycles. The van der Waals surface area contributed by atoms with Gasteiger partial charge in [-0.15, -0.1) is 0 Å². The summed E-state index contributed by atoms with van der Waals surface area (Å²) in [6, 6.07) is 18.6. The summed E-state index contributed by atoms with van der Waals surface area (Å²) in [6.45, 7) is 4.05. The highest BCUT2D eigenvalue weighted by Crippen LogP contribution is 2.44. The highest BCUT2D eigenvalue weighted by Gasteiger charge is 2.36. The van der Waals surface area contributed by atoms with Gasteiger partial charge in [0, 0.05) is 5.56 Å². The lowest BCUT2D eigenvalue weighted by atomic mass is 9.82. The predicted molar refractivity (Wildman–Crippen MR) is 103 cm³/mol. The first-order valence-corrected chi connectivity index (χ1v) is 9.08. The second-order valence-electron chi connectivity index (χ2n) is 6.55. The van der Waals surface area contributed by atoms with Gasteiger partial charge >= 0.3 is 6.09 Å². The number of hydrogen-bond donors (Lipinski definition) is 0. The first kappa shape index (κ1) is 16.6. The van der Waals surface area contributed by atoms with Crippen LogP contribution in [0.4, 0.5) is 4.79 Å². The van der Waals surface area contributed by atoms with Gasteiger partial charge in [-0.3, -0.25) is 4.99 Å². The fourth-order valence-electron chi connectivity index (χ4n) is 3.87. The van der Waals surface area contributed by atoms with Gasteiger partial charge in [0.05, 0.1) is 12.3 Å². The second kappa shape index (κ2) is 6.79. The van der Waals surface area contributed by atoms with Gasteiger partial charge in [0.15, 0.2) is 0 Å². The molecule has 2 aliphatic rings. The minimum Gasteiger partial charge on any atom is -0.449 e. The van der Waals surface area contributed by atoms with Crippen LogP contribution in [-0.4, -0.2) is 23.4 Å². The lowest BCUT2D eigenvalue weighted by Crippen LogP contribution is -2.39. The Balaban J connectivity index is 1.90. The zero-order valence-electron chi connectivity index (χ0n) is 15.1. The number of amides is 1. The molecule has 4 rings (SSSR count). The molecule has 132 valence electrons. The van der Waals surface area contributed by atoms with Crippen molar-refractivity contribution in [1.29, 1.82) is 0 Å². The number of aliphatic imine (C=N–C) groups is 1. The molecule has 0 N–H and O–H groups in total. The normalized spacial score (nSPS) is 18.8. The van der Waals surface area contributed by atoms with Crippen LogP contribution in [0.5, 0.6) is 0 Å².